The van der Waals surface area contributed by atoms with Gasteiger partial charge in [-0.2, -0.15) is 0 Å². The van der Waals surface area contributed by atoms with Gasteiger partial charge in [-0.1, -0.05) is 48.7 Å². The molecule has 1 amide bonds. The molecule has 0 aromatic carbocycles. The molecule has 0 aromatic rings. The van der Waals surface area contributed by atoms with E-state index in [9.17, 15) is 14.7 Å². The predicted molar refractivity (Wildman–Crippen MR) is 137 cm³/mol. The average Bonchev–Trinajstić information content (AvgIpc) is 3.09. The van der Waals surface area contributed by atoms with Gasteiger partial charge < -0.3 is 19.9 Å². The lowest BCUT2D eigenvalue weighted by atomic mass is 9.43. The number of amides is 1. The molecule has 0 unspecified atom stereocenters. The molecule has 0 saturated heterocycles. The molecule has 0 heterocycles. The molecule has 0 bridgehead atoms. The van der Waals surface area contributed by atoms with E-state index in [1.807, 2.05) is 6.92 Å². The summed E-state index contributed by atoms with van der Waals surface area (Å²) in [5, 5.41) is 14.0. The van der Waals surface area contributed by atoms with E-state index in [0.29, 0.717) is 30.8 Å². The van der Waals surface area contributed by atoms with Crippen LogP contribution in [0, 0.1) is 40.4 Å². The number of alkyl carbamates (subject to hydrolysis) is 1. The van der Waals surface area contributed by atoms with Gasteiger partial charge in [-0.25, -0.2) is 4.79 Å². The molecule has 4 aliphatic carbocycles. The van der Waals surface area contributed by atoms with Crippen molar-refractivity contribution < 1.29 is 24.2 Å². The van der Waals surface area contributed by atoms with Crippen LogP contribution < -0.4 is 5.32 Å². The number of aliphatic hydroxyl groups excluding tert-OH is 1. The van der Waals surface area contributed by atoms with Crippen molar-refractivity contribution in [3.63, 3.8) is 0 Å². The van der Waals surface area contributed by atoms with E-state index in [-0.39, 0.29) is 47.2 Å². The predicted octanol–water partition coefficient (Wildman–Crippen LogP) is 5.69. The topological polar surface area (TPSA) is 84.9 Å². The molecule has 2 N–H and O–H groups in total. The molecule has 200 valence electrons. The highest BCUT2D eigenvalue weighted by atomic mass is 35.6. The van der Waals surface area contributed by atoms with Crippen molar-refractivity contribution in [2.45, 2.75) is 94.7 Å². The summed E-state index contributed by atoms with van der Waals surface area (Å²) >= 11 is 17.4. The molecular weight excluding hydrogens is 513 g/mol. The molecule has 0 aliphatic heterocycles. The maximum atomic E-state index is 12.9. The summed E-state index contributed by atoms with van der Waals surface area (Å²) in [7, 11) is 0. The molecule has 4 saturated carbocycles. The number of hydrogen-bond acceptors (Lipinski definition) is 5. The van der Waals surface area contributed by atoms with Crippen molar-refractivity contribution >= 4 is 46.7 Å². The molecule has 35 heavy (non-hydrogen) atoms. The fourth-order valence-electron chi connectivity index (χ4n) is 8.97. The largest absolute Gasteiger partial charge is 0.445 e. The van der Waals surface area contributed by atoms with Crippen LogP contribution in [-0.2, 0) is 14.3 Å². The number of rotatable bonds is 5. The number of alkyl halides is 3. The maximum Gasteiger partial charge on any atom is 0.407 e. The highest BCUT2D eigenvalue weighted by molar-refractivity contribution is 6.67. The first-order chi connectivity index (χ1) is 16.3. The van der Waals surface area contributed by atoms with E-state index in [2.05, 4.69) is 19.2 Å². The van der Waals surface area contributed by atoms with Crippen LogP contribution in [0.5, 0.6) is 0 Å². The lowest BCUT2D eigenvalue weighted by Crippen LogP contribution is -2.64. The number of ketones is 1. The molecule has 0 aromatic heterocycles. The number of hydrogen-bond donors (Lipinski definition) is 2. The Hall–Kier alpha value is -0.270. The molecular formula is C26H40Cl3NO5. The van der Waals surface area contributed by atoms with Crippen LogP contribution >= 0.6 is 34.8 Å². The maximum absolute atomic E-state index is 12.9. The minimum atomic E-state index is -1.68. The smallest absolute Gasteiger partial charge is 0.407 e. The van der Waals surface area contributed by atoms with Gasteiger partial charge in [0, 0.05) is 18.6 Å². The lowest BCUT2D eigenvalue weighted by molar-refractivity contribution is -0.179. The van der Waals surface area contributed by atoms with Gasteiger partial charge in [0.05, 0.1) is 12.2 Å². The summed E-state index contributed by atoms with van der Waals surface area (Å²) in [6.07, 6.45) is 4.97. The zero-order valence-electron chi connectivity index (χ0n) is 21.2. The zero-order valence-corrected chi connectivity index (χ0v) is 23.5. The first kappa shape index (κ1) is 27.8. The van der Waals surface area contributed by atoms with Crippen molar-refractivity contribution in [1.29, 1.82) is 0 Å². The van der Waals surface area contributed by atoms with Gasteiger partial charge in [0.15, 0.2) is 0 Å². The fourth-order valence-corrected chi connectivity index (χ4v) is 9.13. The van der Waals surface area contributed by atoms with E-state index in [0.717, 1.165) is 38.5 Å². The highest BCUT2D eigenvalue weighted by Crippen LogP contribution is 2.67. The minimum absolute atomic E-state index is 0.00447. The molecule has 10 atom stereocenters. The van der Waals surface area contributed by atoms with Gasteiger partial charge in [0.25, 0.3) is 0 Å². The number of fused-ring (bicyclic) bond motifs is 5. The Balaban J connectivity index is 1.67. The monoisotopic (exact) mass is 551 g/mol. The van der Waals surface area contributed by atoms with Gasteiger partial charge in [-0.3, -0.25) is 4.79 Å². The second-order valence-electron chi connectivity index (χ2n) is 12.0. The molecule has 0 radical (unpaired) electrons. The summed E-state index contributed by atoms with van der Waals surface area (Å²) < 4.78 is 9.58. The zero-order chi connectivity index (χ0) is 25.8. The molecule has 0 spiro atoms. The van der Waals surface area contributed by atoms with Gasteiger partial charge in [0.1, 0.15) is 12.4 Å². The van der Waals surface area contributed by atoms with Crippen molar-refractivity contribution in [3.8, 4) is 0 Å². The minimum Gasteiger partial charge on any atom is -0.445 e. The third-order valence-corrected chi connectivity index (χ3v) is 10.5. The number of aliphatic hydroxyl groups is 1. The van der Waals surface area contributed by atoms with Crippen molar-refractivity contribution in [2.24, 2.45) is 40.4 Å². The van der Waals surface area contributed by atoms with E-state index in [1.54, 1.807) is 6.92 Å². The normalized spacial score (nSPS) is 45.1. The van der Waals surface area contributed by atoms with Crippen LogP contribution in [0.25, 0.3) is 0 Å². The lowest BCUT2D eigenvalue weighted by Gasteiger charge is -2.63. The Bertz CT molecular complexity index is 821. The van der Waals surface area contributed by atoms with Gasteiger partial charge >= 0.3 is 6.09 Å². The number of carbonyl (C=O) groups is 2. The first-order valence-electron chi connectivity index (χ1n) is 13.1. The summed E-state index contributed by atoms with van der Waals surface area (Å²) in [6, 6.07) is -0.172. The standard InChI is InChI=1S/C26H40Cl3NO5/c1-5-34-21-12-24(3)15(10-20(21)32)6-7-16-18-9-8-17(14(2)31)25(18,4)11-19(22(16)24)30-23(33)35-13-26(27,28)29/h15-22,32H,5-13H2,1-4H3,(H,30,33)/t15-,16-,17+,18-,19+,20-,21-,22+,24-,25+/m0/s1. The molecule has 4 aliphatic rings. The molecule has 6 nitrogen and oxygen atoms in total. The van der Waals surface area contributed by atoms with Crippen molar-refractivity contribution in [3.05, 3.63) is 0 Å². The van der Waals surface area contributed by atoms with Crippen molar-refractivity contribution in [1.82, 2.24) is 5.32 Å². The van der Waals surface area contributed by atoms with Crippen LogP contribution in [-0.4, -0.2) is 52.2 Å². The molecule has 4 fully saturated rings. The summed E-state index contributed by atoms with van der Waals surface area (Å²) in [5.41, 5.74) is -0.276. The summed E-state index contributed by atoms with van der Waals surface area (Å²) in [5.74, 6) is 1.61. The SMILES string of the molecule is CCO[C@H]1C[C@@]2(C)[C@@H](CC[C@@H]3[C@@H]2[C@H](NC(=O)OCC(Cl)(Cl)Cl)C[C@]2(C)[C@@H](C(C)=O)CC[C@@H]32)C[C@@H]1O. The Kier molecular flexibility index (Phi) is 8.03. The highest BCUT2D eigenvalue weighted by Gasteiger charge is 2.64. The van der Waals surface area contributed by atoms with E-state index in [1.165, 1.54) is 0 Å². The number of Topliss-reactive ketones (excluding diaryl/α,β-unsaturated/α-hetero) is 1. The quantitative estimate of drug-likeness (QED) is 0.428. The first-order valence-corrected chi connectivity index (χ1v) is 14.2. The van der Waals surface area contributed by atoms with Gasteiger partial charge in [-0.05, 0) is 93.3 Å². The van der Waals surface area contributed by atoms with Crippen LogP contribution in [0.4, 0.5) is 4.79 Å². The number of halogens is 3. The third kappa shape index (κ3) is 5.21. The average molecular weight is 553 g/mol. The van der Waals surface area contributed by atoms with Crippen LogP contribution in [0.2, 0.25) is 0 Å². The summed E-state index contributed by atoms with van der Waals surface area (Å²) in [4.78, 5) is 25.5. The van der Waals surface area contributed by atoms with Gasteiger partial charge in [-0.15, -0.1) is 0 Å². The Morgan fingerprint density at radius 1 is 1.09 bits per heavy atom. The Labute approximate surface area is 224 Å². The Morgan fingerprint density at radius 2 is 1.80 bits per heavy atom. The second kappa shape index (κ2) is 10.1. The molecule has 9 heteroatoms. The molecule has 4 rings (SSSR count). The van der Waals surface area contributed by atoms with Gasteiger partial charge in [0.2, 0.25) is 3.79 Å². The number of carbonyl (C=O) groups excluding carboxylic acids is 2. The summed E-state index contributed by atoms with van der Waals surface area (Å²) in [6.45, 7) is 8.46. The van der Waals surface area contributed by atoms with E-state index >= 15 is 0 Å². The van der Waals surface area contributed by atoms with Crippen LogP contribution in [0.15, 0.2) is 0 Å². The van der Waals surface area contributed by atoms with Crippen LogP contribution in [0.3, 0.4) is 0 Å². The van der Waals surface area contributed by atoms with E-state index in [4.69, 9.17) is 44.3 Å². The third-order valence-electron chi connectivity index (χ3n) is 10.2. The fraction of sp³-hybridized carbons (Fsp3) is 0.923. The second-order valence-corrected chi connectivity index (χ2v) is 14.5. The van der Waals surface area contributed by atoms with Crippen molar-refractivity contribution in [2.75, 3.05) is 13.2 Å². The van der Waals surface area contributed by atoms with Crippen LogP contribution in [0.1, 0.15) is 72.6 Å². The number of nitrogens with one attached hydrogen (secondary N) is 1. The Morgan fingerprint density at radius 3 is 2.43 bits per heavy atom. The van der Waals surface area contributed by atoms with E-state index < -0.39 is 16.0 Å². The number of ether oxygens (including phenoxy) is 2.